The molecule has 124 valence electrons. The number of hydrogen-bond donors (Lipinski definition) is 1. The third kappa shape index (κ3) is 3.03. The second-order valence-corrected chi connectivity index (χ2v) is 5.79. The minimum Gasteiger partial charge on any atom is -0.339 e. The molecule has 0 fully saturated rings. The van der Waals surface area contributed by atoms with Crippen LogP contribution in [0.1, 0.15) is 18.9 Å². The van der Waals surface area contributed by atoms with Crippen molar-refractivity contribution in [2.75, 3.05) is 16.8 Å². The van der Waals surface area contributed by atoms with E-state index in [1.807, 2.05) is 25.1 Å². The minimum atomic E-state index is -0.544. The van der Waals surface area contributed by atoms with Crippen molar-refractivity contribution in [1.29, 1.82) is 0 Å². The van der Waals surface area contributed by atoms with Crippen LogP contribution in [0, 0.1) is 10.1 Å². The Morgan fingerprint density at radius 1 is 1.38 bits per heavy atom. The molecular weight excluding hydrogens is 332 g/mol. The molecule has 2 heterocycles. The number of carbonyl (C=O) groups is 1. The van der Waals surface area contributed by atoms with E-state index >= 15 is 0 Å². The van der Waals surface area contributed by atoms with Crippen molar-refractivity contribution in [2.45, 2.75) is 19.8 Å². The lowest BCUT2D eigenvalue weighted by atomic mass is 10.0. The fourth-order valence-corrected chi connectivity index (χ4v) is 2.95. The summed E-state index contributed by atoms with van der Waals surface area (Å²) in [5.41, 5.74) is 2.59. The van der Waals surface area contributed by atoms with Crippen LogP contribution in [0.25, 0.3) is 0 Å². The first kappa shape index (κ1) is 16.2. The van der Waals surface area contributed by atoms with Gasteiger partial charge < -0.3 is 10.2 Å². The Morgan fingerprint density at radius 3 is 2.83 bits per heavy atom. The predicted octanol–water partition coefficient (Wildman–Crippen LogP) is 3.69. The number of nitrogens with zero attached hydrogens (tertiary/aromatic N) is 3. The topological polar surface area (TPSA) is 88.4 Å². The molecule has 1 N–H and O–H groups in total. The van der Waals surface area contributed by atoms with Crippen molar-refractivity contribution in [3.63, 3.8) is 0 Å². The number of carbonyl (C=O) groups excluding carboxylic acids is 1. The second kappa shape index (κ2) is 6.45. The van der Waals surface area contributed by atoms with Crippen LogP contribution in [0.3, 0.4) is 0 Å². The summed E-state index contributed by atoms with van der Waals surface area (Å²) in [4.78, 5) is 27.9. The van der Waals surface area contributed by atoms with Gasteiger partial charge in [0.2, 0.25) is 5.91 Å². The van der Waals surface area contributed by atoms with Gasteiger partial charge in [-0.05, 0) is 37.1 Å². The largest absolute Gasteiger partial charge is 0.339 e. The van der Waals surface area contributed by atoms with Crippen molar-refractivity contribution in [1.82, 2.24) is 4.98 Å². The van der Waals surface area contributed by atoms with Gasteiger partial charge in [0.15, 0.2) is 0 Å². The van der Waals surface area contributed by atoms with Crippen LogP contribution in [-0.4, -0.2) is 22.4 Å². The standard InChI is InChI=1S/C16H15ClN4O3/c1-2-20-14-5-4-11(7-10(14)3-6-15(20)22)19-16-13(17)8-12(9-18-16)21(23)24/h4-5,7-9H,2-3,6H2,1H3,(H,18,19). The molecule has 8 heteroatoms. The number of pyridine rings is 1. The SMILES string of the molecule is CCN1C(=O)CCc2cc(Nc3ncc([N+](=O)[O-])cc3Cl)ccc21. The molecule has 0 saturated heterocycles. The molecule has 0 spiro atoms. The van der Waals surface area contributed by atoms with Gasteiger partial charge >= 0.3 is 0 Å². The number of rotatable bonds is 4. The van der Waals surface area contributed by atoms with E-state index in [2.05, 4.69) is 10.3 Å². The Morgan fingerprint density at radius 2 is 2.17 bits per heavy atom. The molecule has 1 aromatic heterocycles. The number of aromatic nitrogens is 1. The summed E-state index contributed by atoms with van der Waals surface area (Å²) in [6.45, 7) is 2.58. The highest BCUT2D eigenvalue weighted by molar-refractivity contribution is 6.33. The fraction of sp³-hybridized carbons (Fsp3) is 0.250. The maximum absolute atomic E-state index is 11.9. The van der Waals surface area contributed by atoms with Gasteiger partial charge in [0.1, 0.15) is 12.0 Å². The number of amides is 1. The van der Waals surface area contributed by atoms with Crippen molar-refractivity contribution in [2.24, 2.45) is 0 Å². The molecule has 24 heavy (non-hydrogen) atoms. The first-order chi connectivity index (χ1) is 11.5. The van der Waals surface area contributed by atoms with E-state index in [0.29, 0.717) is 25.2 Å². The maximum Gasteiger partial charge on any atom is 0.289 e. The fourth-order valence-electron chi connectivity index (χ4n) is 2.74. The number of benzene rings is 1. The lowest BCUT2D eigenvalue weighted by molar-refractivity contribution is -0.385. The molecule has 7 nitrogen and oxygen atoms in total. The zero-order valence-corrected chi connectivity index (χ0v) is 13.7. The number of hydrogen-bond acceptors (Lipinski definition) is 5. The Bertz CT molecular complexity index is 825. The molecule has 3 rings (SSSR count). The van der Waals surface area contributed by atoms with Crippen LogP contribution in [0.15, 0.2) is 30.5 Å². The van der Waals surface area contributed by atoms with E-state index in [0.717, 1.165) is 23.1 Å². The van der Waals surface area contributed by atoms with Gasteiger partial charge in [-0.2, -0.15) is 0 Å². The summed E-state index contributed by atoms with van der Waals surface area (Å²) in [5, 5.41) is 14.0. The smallest absolute Gasteiger partial charge is 0.289 e. The normalized spacial score (nSPS) is 13.6. The van der Waals surface area contributed by atoms with Crippen molar-refractivity contribution < 1.29 is 9.72 Å². The van der Waals surface area contributed by atoms with Crippen LogP contribution in [-0.2, 0) is 11.2 Å². The summed E-state index contributed by atoms with van der Waals surface area (Å²) in [5.74, 6) is 0.479. The third-order valence-electron chi connectivity index (χ3n) is 3.90. The molecular formula is C16H15ClN4O3. The molecule has 1 aromatic carbocycles. The molecule has 0 unspecified atom stereocenters. The van der Waals surface area contributed by atoms with Gasteiger partial charge in [-0.25, -0.2) is 4.98 Å². The summed E-state index contributed by atoms with van der Waals surface area (Å²) in [6, 6.07) is 6.92. The van der Waals surface area contributed by atoms with Crippen LogP contribution in [0.5, 0.6) is 0 Å². The van der Waals surface area contributed by atoms with Gasteiger partial charge in [-0.3, -0.25) is 14.9 Å². The average molecular weight is 347 g/mol. The Hall–Kier alpha value is -2.67. The number of halogens is 1. The molecule has 1 aliphatic heterocycles. The lowest BCUT2D eigenvalue weighted by Gasteiger charge is -2.28. The van der Waals surface area contributed by atoms with E-state index < -0.39 is 4.92 Å². The molecule has 1 aliphatic rings. The maximum atomic E-state index is 11.9. The first-order valence-electron chi connectivity index (χ1n) is 7.50. The zero-order chi connectivity index (χ0) is 17.3. The summed E-state index contributed by atoms with van der Waals surface area (Å²) in [7, 11) is 0. The van der Waals surface area contributed by atoms with Gasteiger partial charge in [0, 0.05) is 30.4 Å². The van der Waals surface area contributed by atoms with Gasteiger partial charge in [-0.15, -0.1) is 0 Å². The minimum absolute atomic E-state index is 0.130. The highest BCUT2D eigenvalue weighted by atomic mass is 35.5. The van der Waals surface area contributed by atoms with E-state index in [9.17, 15) is 14.9 Å². The van der Waals surface area contributed by atoms with E-state index in [-0.39, 0.29) is 16.6 Å². The van der Waals surface area contributed by atoms with Gasteiger partial charge in [0.25, 0.3) is 5.69 Å². The predicted molar refractivity (Wildman–Crippen MR) is 92.0 cm³/mol. The van der Waals surface area contributed by atoms with E-state index in [4.69, 9.17) is 11.6 Å². The van der Waals surface area contributed by atoms with Crippen LogP contribution in [0.2, 0.25) is 5.02 Å². The van der Waals surface area contributed by atoms with Crippen molar-refractivity contribution >= 4 is 40.4 Å². The molecule has 2 aromatic rings. The number of aryl methyl sites for hydroxylation is 1. The highest BCUT2D eigenvalue weighted by Gasteiger charge is 2.23. The Kier molecular flexibility index (Phi) is 4.35. The monoisotopic (exact) mass is 346 g/mol. The summed E-state index contributed by atoms with van der Waals surface area (Å²) in [6.07, 6.45) is 2.33. The summed E-state index contributed by atoms with van der Waals surface area (Å²) >= 11 is 6.05. The average Bonchev–Trinajstić information content (AvgIpc) is 2.56. The molecule has 0 saturated carbocycles. The Balaban J connectivity index is 1.87. The molecule has 0 atom stereocenters. The van der Waals surface area contributed by atoms with Crippen LogP contribution in [0.4, 0.5) is 22.9 Å². The highest BCUT2D eigenvalue weighted by Crippen LogP contribution is 2.32. The number of nitro groups is 1. The first-order valence-corrected chi connectivity index (χ1v) is 7.87. The van der Waals surface area contributed by atoms with Crippen LogP contribution < -0.4 is 10.2 Å². The van der Waals surface area contributed by atoms with Crippen molar-refractivity contribution in [3.8, 4) is 0 Å². The second-order valence-electron chi connectivity index (χ2n) is 5.39. The lowest BCUT2D eigenvalue weighted by Crippen LogP contribution is -2.34. The van der Waals surface area contributed by atoms with E-state index in [1.54, 1.807) is 4.90 Å². The number of nitrogens with one attached hydrogen (secondary N) is 1. The molecule has 1 amide bonds. The Labute approximate surface area is 143 Å². The third-order valence-corrected chi connectivity index (χ3v) is 4.18. The number of fused-ring (bicyclic) bond motifs is 1. The van der Waals surface area contributed by atoms with Gasteiger partial charge in [0.05, 0.1) is 9.95 Å². The zero-order valence-electron chi connectivity index (χ0n) is 13.0. The molecule has 0 radical (unpaired) electrons. The summed E-state index contributed by atoms with van der Waals surface area (Å²) < 4.78 is 0. The molecule has 0 bridgehead atoms. The van der Waals surface area contributed by atoms with E-state index in [1.165, 1.54) is 6.07 Å². The van der Waals surface area contributed by atoms with Gasteiger partial charge in [-0.1, -0.05) is 11.6 Å². The van der Waals surface area contributed by atoms with Crippen LogP contribution >= 0.6 is 11.6 Å². The number of anilines is 3. The van der Waals surface area contributed by atoms with Crippen molar-refractivity contribution in [3.05, 3.63) is 51.2 Å². The quantitative estimate of drug-likeness (QED) is 0.673. The molecule has 0 aliphatic carbocycles.